The van der Waals surface area contributed by atoms with Gasteiger partial charge < -0.3 is 10.2 Å². The van der Waals surface area contributed by atoms with E-state index in [9.17, 15) is 4.39 Å². The molecule has 0 saturated carbocycles. The van der Waals surface area contributed by atoms with Crippen LogP contribution in [0.3, 0.4) is 0 Å². The van der Waals surface area contributed by atoms with Gasteiger partial charge in [-0.25, -0.2) is 9.37 Å². The predicted molar refractivity (Wildman–Crippen MR) is 85.2 cm³/mol. The van der Waals surface area contributed by atoms with E-state index < -0.39 is 0 Å². The average molecular weight is 308 g/mol. The Labute approximate surface area is 129 Å². The Morgan fingerprint density at radius 3 is 2.57 bits per heavy atom. The zero-order chi connectivity index (χ0) is 15.4. The third-order valence-corrected chi connectivity index (χ3v) is 3.84. The molecule has 0 fully saturated rings. The van der Waals surface area contributed by atoms with Crippen molar-refractivity contribution >= 4 is 17.4 Å². The van der Waals surface area contributed by atoms with Crippen molar-refractivity contribution < 1.29 is 4.39 Å². The highest BCUT2D eigenvalue weighted by Gasteiger charge is 2.18. The van der Waals surface area contributed by atoms with Gasteiger partial charge in [-0.3, -0.25) is 0 Å². The molecule has 1 heterocycles. The monoisotopic (exact) mass is 307 g/mol. The van der Waals surface area contributed by atoms with Crippen LogP contribution in [0, 0.1) is 5.82 Å². The lowest BCUT2D eigenvalue weighted by atomic mass is 10.1. The molecule has 0 aliphatic heterocycles. The molecule has 0 aliphatic rings. The second kappa shape index (κ2) is 6.87. The molecule has 1 atom stereocenters. The number of aromatic nitrogens is 1. The van der Waals surface area contributed by atoms with Gasteiger partial charge in [-0.15, -0.1) is 0 Å². The SMILES string of the molecule is CNCc1ccnc(N(C)C(C)c2ccc(Cl)cc2)c1F. The second-order valence-electron chi connectivity index (χ2n) is 4.98. The van der Waals surface area contributed by atoms with Crippen LogP contribution >= 0.6 is 11.6 Å². The van der Waals surface area contributed by atoms with Crippen molar-refractivity contribution in [3.8, 4) is 0 Å². The third-order valence-electron chi connectivity index (χ3n) is 3.59. The minimum absolute atomic E-state index is 0.00546. The smallest absolute Gasteiger partial charge is 0.170 e. The Kier molecular flexibility index (Phi) is 5.15. The summed E-state index contributed by atoms with van der Waals surface area (Å²) in [6, 6.07) is 9.24. The average Bonchev–Trinajstić information content (AvgIpc) is 2.49. The van der Waals surface area contributed by atoms with E-state index in [1.165, 1.54) is 0 Å². The number of hydrogen-bond donors (Lipinski definition) is 1. The number of pyridine rings is 1. The highest BCUT2D eigenvalue weighted by atomic mass is 35.5. The molecule has 0 aliphatic carbocycles. The lowest BCUT2D eigenvalue weighted by Gasteiger charge is -2.27. The van der Waals surface area contributed by atoms with Gasteiger partial charge in [0.15, 0.2) is 11.6 Å². The minimum Gasteiger partial charge on any atom is -0.350 e. The third kappa shape index (κ3) is 3.52. The van der Waals surface area contributed by atoms with Crippen LogP contribution in [-0.2, 0) is 6.54 Å². The van der Waals surface area contributed by atoms with Crippen LogP contribution in [0.2, 0.25) is 5.02 Å². The number of nitrogens with one attached hydrogen (secondary N) is 1. The van der Waals surface area contributed by atoms with Gasteiger partial charge in [0.1, 0.15) is 0 Å². The van der Waals surface area contributed by atoms with E-state index in [4.69, 9.17) is 11.6 Å². The molecule has 1 aromatic carbocycles. The first-order valence-electron chi connectivity index (χ1n) is 6.81. The maximum Gasteiger partial charge on any atom is 0.170 e. The van der Waals surface area contributed by atoms with Gasteiger partial charge >= 0.3 is 0 Å². The van der Waals surface area contributed by atoms with E-state index in [2.05, 4.69) is 10.3 Å². The lowest BCUT2D eigenvalue weighted by Crippen LogP contribution is -2.24. The molecule has 0 saturated heterocycles. The summed E-state index contributed by atoms with van der Waals surface area (Å²) in [6.45, 7) is 2.49. The van der Waals surface area contributed by atoms with E-state index in [1.54, 1.807) is 19.3 Å². The molecule has 112 valence electrons. The zero-order valence-electron chi connectivity index (χ0n) is 12.4. The first-order chi connectivity index (χ1) is 10.0. The van der Waals surface area contributed by atoms with Gasteiger partial charge in [-0.1, -0.05) is 23.7 Å². The zero-order valence-corrected chi connectivity index (χ0v) is 13.2. The topological polar surface area (TPSA) is 28.2 Å². The number of benzene rings is 1. The maximum absolute atomic E-state index is 14.5. The molecule has 3 nitrogen and oxygen atoms in total. The van der Waals surface area contributed by atoms with Crippen LogP contribution in [-0.4, -0.2) is 19.1 Å². The Bertz CT molecular complexity index is 601. The molecule has 21 heavy (non-hydrogen) atoms. The Morgan fingerprint density at radius 2 is 1.95 bits per heavy atom. The summed E-state index contributed by atoms with van der Waals surface area (Å²) in [7, 11) is 3.63. The fraction of sp³-hybridized carbons (Fsp3) is 0.312. The quantitative estimate of drug-likeness (QED) is 0.911. The molecule has 0 spiro atoms. The Hall–Kier alpha value is -1.65. The van der Waals surface area contributed by atoms with E-state index in [-0.39, 0.29) is 11.9 Å². The van der Waals surface area contributed by atoms with Gasteiger partial charge in [0.2, 0.25) is 0 Å². The normalized spacial score (nSPS) is 12.2. The number of rotatable bonds is 5. The minimum atomic E-state index is -0.282. The van der Waals surface area contributed by atoms with Crippen molar-refractivity contribution in [2.24, 2.45) is 0 Å². The molecule has 0 bridgehead atoms. The van der Waals surface area contributed by atoms with Crippen LogP contribution < -0.4 is 10.2 Å². The van der Waals surface area contributed by atoms with Crippen LogP contribution in [0.15, 0.2) is 36.5 Å². The molecule has 1 N–H and O–H groups in total. The van der Waals surface area contributed by atoms with Crippen molar-refractivity contribution in [2.75, 3.05) is 19.0 Å². The number of anilines is 1. The van der Waals surface area contributed by atoms with Crippen LogP contribution in [0.4, 0.5) is 10.2 Å². The molecule has 1 unspecified atom stereocenters. The second-order valence-corrected chi connectivity index (χ2v) is 5.41. The summed E-state index contributed by atoms with van der Waals surface area (Å²) in [5.74, 6) is 0.0698. The number of halogens is 2. The standard InChI is InChI=1S/C16H19ClFN3/c1-11(12-4-6-14(17)7-5-12)21(3)16-15(18)13(10-19-2)8-9-20-16/h4-9,11,19H,10H2,1-3H3. The summed E-state index contributed by atoms with van der Waals surface area (Å²) in [4.78, 5) is 6.01. The van der Waals surface area contributed by atoms with Crippen LogP contribution in [0.25, 0.3) is 0 Å². The summed E-state index contributed by atoms with van der Waals surface area (Å²) in [6.07, 6.45) is 1.64. The Balaban J connectivity index is 2.28. The van der Waals surface area contributed by atoms with E-state index in [0.717, 1.165) is 5.56 Å². The molecule has 0 amide bonds. The highest BCUT2D eigenvalue weighted by molar-refractivity contribution is 6.30. The molecule has 1 aromatic heterocycles. The first kappa shape index (κ1) is 15.7. The highest BCUT2D eigenvalue weighted by Crippen LogP contribution is 2.27. The van der Waals surface area contributed by atoms with Gasteiger partial charge in [-0.2, -0.15) is 0 Å². The van der Waals surface area contributed by atoms with Gasteiger partial charge in [0, 0.05) is 30.4 Å². The molecule has 2 rings (SSSR count). The fourth-order valence-electron chi connectivity index (χ4n) is 2.19. The summed E-state index contributed by atoms with van der Waals surface area (Å²) in [5.41, 5.74) is 1.67. The van der Waals surface area contributed by atoms with E-state index in [0.29, 0.717) is 22.9 Å². The van der Waals surface area contributed by atoms with Crippen LogP contribution in [0.5, 0.6) is 0 Å². The van der Waals surface area contributed by atoms with Gasteiger partial charge in [-0.05, 0) is 37.7 Å². The number of hydrogen-bond acceptors (Lipinski definition) is 3. The van der Waals surface area contributed by atoms with Crippen molar-refractivity contribution in [1.82, 2.24) is 10.3 Å². The van der Waals surface area contributed by atoms with Gasteiger partial charge in [0.25, 0.3) is 0 Å². The van der Waals surface area contributed by atoms with Crippen molar-refractivity contribution in [2.45, 2.75) is 19.5 Å². The van der Waals surface area contributed by atoms with Crippen molar-refractivity contribution in [1.29, 1.82) is 0 Å². The largest absolute Gasteiger partial charge is 0.350 e. The van der Waals surface area contributed by atoms with E-state index in [1.807, 2.05) is 43.1 Å². The Morgan fingerprint density at radius 1 is 1.29 bits per heavy atom. The maximum atomic E-state index is 14.5. The molecule has 2 aromatic rings. The number of nitrogens with zero attached hydrogens (tertiary/aromatic N) is 2. The molecule has 5 heteroatoms. The van der Waals surface area contributed by atoms with Crippen molar-refractivity contribution in [3.05, 3.63) is 58.5 Å². The molecule has 0 radical (unpaired) electrons. The molecular formula is C16H19ClFN3. The summed E-state index contributed by atoms with van der Waals surface area (Å²) >= 11 is 5.90. The molecular weight excluding hydrogens is 289 g/mol. The van der Waals surface area contributed by atoms with Crippen LogP contribution in [0.1, 0.15) is 24.1 Å². The first-order valence-corrected chi connectivity index (χ1v) is 7.18. The fourth-order valence-corrected chi connectivity index (χ4v) is 2.32. The lowest BCUT2D eigenvalue weighted by molar-refractivity contribution is 0.580. The summed E-state index contributed by atoms with van der Waals surface area (Å²) < 4.78 is 14.5. The predicted octanol–water partition coefficient (Wildman–Crippen LogP) is 3.79. The van der Waals surface area contributed by atoms with Crippen molar-refractivity contribution in [3.63, 3.8) is 0 Å². The van der Waals surface area contributed by atoms with Gasteiger partial charge in [0.05, 0.1) is 6.04 Å². The van der Waals surface area contributed by atoms with E-state index >= 15 is 0 Å². The summed E-state index contributed by atoms with van der Waals surface area (Å²) in [5, 5.41) is 3.65.